The molecule has 1 N–H and O–H groups in total. The van der Waals surface area contributed by atoms with Crippen LogP contribution in [-0.2, 0) is 0 Å². The molecule has 8 heteroatoms. The minimum Gasteiger partial charge on any atom is -0.402 e. The fourth-order valence-electron chi connectivity index (χ4n) is 0.689. The molecule has 14 heavy (non-hydrogen) atoms. The standard InChI is InChI=1S/C6H2F4INO2/c7-4-2(14-6(8,9)10)1-3(13)12-5(4)11/h1H,(H,12,13). The zero-order valence-corrected chi connectivity index (χ0v) is 8.44. The number of alkyl halides is 3. The number of H-pyrrole nitrogens is 1. The predicted octanol–water partition coefficient (Wildman–Crippen LogP) is 2.02. The highest BCUT2D eigenvalue weighted by Crippen LogP contribution is 2.25. The summed E-state index contributed by atoms with van der Waals surface area (Å²) < 4.78 is 50.9. The van der Waals surface area contributed by atoms with E-state index in [2.05, 4.69) is 4.74 Å². The zero-order valence-electron chi connectivity index (χ0n) is 6.28. The van der Waals surface area contributed by atoms with Crippen molar-refractivity contribution in [3.05, 3.63) is 25.9 Å². The molecule has 1 aromatic heterocycles. The van der Waals surface area contributed by atoms with Crippen molar-refractivity contribution in [2.45, 2.75) is 6.36 Å². The average Bonchev–Trinajstić information content (AvgIpc) is 1.96. The summed E-state index contributed by atoms with van der Waals surface area (Å²) in [6.45, 7) is 0. The van der Waals surface area contributed by atoms with E-state index in [1.54, 1.807) is 0 Å². The van der Waals surface area contributed by atoms with Crippen LogP contribution in [0.1, 0.15) is 0 Å². The highest BCUT2D eigenvalue weighted by atomic mass is 127. The van der Waals surface area contributed by atoms with Crippen molar-refractivity contribution in [1.29, 1.82) is 0 Å². The maximum atomic E-state index is 12.9. The molecule has 0 unspecified atom stereocenters. The number of ether oxygens (including phenoxy) is 1. The van der Waals surface area contributed by atoms with Crippen molar-refractivity contribution in [3.8, 4) is 5.75 Å². The van der Waals surface area contributed by atoms with Gasteiger partial charge >= 0.3 is 6.36 Å². The molecule has 0 aliphatic rings. The molecule has 0 fully saturated rings. The van der Waals surface area contributed by atoms with Gasteiger partial charge in [-0.1, -0.05) is 0 Å². The Bertz CT molecular complexity index is 400. The van der Waals surface area contributed by atoms with E-state index in [1.807, 2.05) is 4.98 Å². The van der Waals surface area contributed by atoms with Crippen LogP contribution in [0.4, 0.5) is 17.6 Å². The van der Waals surface area contributed by atoms with E-state index >= 15 is 0 Å². The quantitative estimate of drug-likeness (QED) is 0.488. The van der Waals surface area contributed by atoms with Crippen molar-refractivity contribution >= 4 is 22.6 Å². The molecule has 0 saturated heterocycles. The molecule has 1 heterocycles. The lowest BCUT2D eigenvalue weighted by Crippen LogP contribution is -2.20. The third-order valence-electron chi connectivity index (χ3n) is 1.13. The molecule has 0 aromatic carbocycles. The second-order valence-corrected chi connectivity index (χ2v) is 3.25. The lowest BCUT2D eigenvalue weighted by atomic mass is 10.4. The first-order valence-electron chi connectivity index (χ1n) is 3.13. The average molecular weight is 323 g/mol. The van der Waals surface area contributed by atoms with Gasteiger partial charge in [-0.15, -0.1) is 13.2 Å². The first-order chi connectivity index (χ1) is 6.29. The number of halogens is 5. The van der Waals surface area contributed by atoms with Gasteiger partial charge in [0.1, 0.15) is 3.70 Å². The monoisotopic (exact) mass is 323 g/mol. The summed E-state index contributed by atoms with van der Waals surface area (Å²) in [7, 11) is 0. The molecule has 0 aliphatic heterocycles. The van der Waals surface area contributed by atoms with Gasteiger partial charge in [0.15, 0.2) is 11.6 Å². The lowest BCUT2D eigenvalue weighted by molar-refractivity contribution is -0.275. The third-order valence-corrected chi connectivity index (χ3v) is 1.87. The Morgan fingerprint density at radius 3 is 2.50 bits per heavy atom. The Balaban J connectivity index is 3.15. The highest BCUT2D eigenvalue weighted by molar-refractivity contribution is 14.1. The van der Waals surface area contributed by atoms with Crippen molar-refractivity contribution < 1.29 is 22.3 Å². The SMILES string of the molecule is O=c1cc(OC(F)(F)F)c(F)c(I)[nH]1. The van der Waals surface area contributed by atoms with E-state index in [0.717, 1.165) is 0 Å². The molecule has 0 spiro atoms. The van der Waals surface area contributed by atoms with E-state index in [9.17, 15) is 22.4 Å². The summed E-state index contributed by atoms with van der Waals surface area (Å²) in [5.74, 6) is -2.38. The number of aromatic nitrogens is 1. The maximum Gasteiger partial charge on any atom is 0.573 e. The van der Waals surface area contributed by atoms with Gasteiger partial charge in [-0.3, -0.25) is 4.79 Å². The minimum absolute atomic E-state index is 0.339. The molecule has 1 rings (SSSR count). The minimum atomic E-state index is -5.02. The molecule has 0 saturated carbocycles. The second kappa shape index (κ2) is 3.75. The van der Waals surface area contributed by atoms with Crippen LogP contribution in [0.15, 0.2) is 10.9 Å². The fourth-order valence-corrected chi connectivity index (χ4v) is 1.22. The molecule has 0 amide bonds. The van der Waals surface area contributed by atoms with E-state index in [1.165, 1.54) is 22.6 Å². The second-order valence-electron chi connectivity index (χ2n) is 2.17. The summed E-state index contributed by atoms with van der Waals surface area (Å²) in [5.41, 5.74) is -0.866. The molecular formula is C6H2F4INO2. The van der Waals surface area contributed by atoms with E-state index in [4.69, 9.17) is 0 Å². The van der Waals surface area contributed by atoms with E-state index in [0.29, 0.717) is 6.07 Å². The fraction of sp³-hybridized carbons (Fsp3) is 0.167. The number of hydrogen-bond donors (Lipinski definition) is 1. The summed E-state index contributed by atoms with van der Waals surface area (Å²) in [4.78, 5) is 12.6. The van der Waals surface area contributed by atoms with Gasteiger partial charge in [0.25, 0.3) is 5.56 Å². The van der Waals surface area contributed by atoms with Crippen molar-refractivity contribution in [1.82, 2.24) is 4.98 Å². The molecule has 0 atom stereocenters. The lowest BCUT2D eigenvalue weighted by Gasteiger charge is -2.09. The first-order valence-corrected chi connectivity index (χ1v) is 4.21. The molecule has 78 valence electrons. The molecule has 0 aliphatic carbocycles. The Kier molecular flexibility index (Phi) is 3.02. The van der Waals surface area contributed by atoms with Gasteiger partial charge in [0.05, 0.1) is 0 Å². The Morgan fingerprint density at radius 2 is 2.00 bits per heavy atom. The number of rotatable bonds is 1. The van der Waals surface area contributed by atoms with Crippen LogP contribution in [0.3, 0.4) is 0 Å². The van der Waals surface area contributed by atoms with Crippen molar-refractivity contribution in [2.75, 3.05) is 0 Å². The number of pyridine rings is 1. The van der Waals surface area contributed by atoms with E-state index < -0.39 is 23.5 Å². The van der Waals surface area contributed by atoms with Crippen LogP contribution >= 0.6 is 22.6 Å². The summed E-state index contributed by atoms with van der Waals surface area (Å²) in [6.07, 6.45) is -5.02. The normalized spacial score (nSPS) is 11.5. The number of hydrogen-bond acceptors (Lipinski definition) is 2. The van der Waals surface area contributed by atoms with Crippen LogP contribution in [0.25, 0.3) is 0 Å². The van der Waals surface area contributed by atoms with Gasteiger partial charge < -0.3 is 9.72 Å². The molecule has 0 bridgehead atoms. The van der Waals surface area contributed by atoms with Gasteiger partial charge in [-0.25, -0.2) is 4.39 Å². The summed E-state index contributed by atoms with van der Waals surface area (Å²) in [6, 6.07) is 0.394. The molecule has 1 aromatic rings. The van der Waals surface area contributed by atoms with Gasteiger partial charge in [-0.2, -0.15) is 0 Å². The molecular weight excluding hydrogens is 321 g/mol. The summed E-state index contributed by atoms with van der Waals surface area (Å²) >= 11 is 1.35. The van der Waals surface area contributed by atoms with Crippen molar-refractivity contribution in [3.63, 3.8) is 0 Å². The Hall–Kier alpha value is -0.800. The van der Waals surface area contributed by atoms with Gasteiger partial charge in [0, 0.05) is 6.07 Å². The number of nitrogens with one attached hydrogen (secondary N) is 1. The van der Waals surface area contributed by atoms with Crippen LogP contribution in [0.2, 0.25) is 0 Å². The third kappa shape index (κ3) is 2.86. The smallest absolute Gasteiger partial charge is 0.402 e. The first kappa shape index (κ1) is 11.3. The highest BCUT2D eigenvalue weighted by Gasteiger charge is 2.33. The largest absolute Gasteiger partial charge is 0.573 e. The van der Waals surface area contributed by atoms with Crippen molar-refractivity contribution in [2.24, 2.45) is 0 Å². The zero-order chi connectivity index (χ0) is 10.9. The maximum absolute atomic E-state index is 12.9. The molecule has 0 radical (unpaired) electrons. The van der Waals surface area contributed by atoms with Crippen LogP contribution in [0, 0.1) is 9.52 Å². The Labute approximate surface area is 88.2 Å². The summed E-state index contributed by atoms with van der Waals surface area (Å²) in [5, 5.41) is 0. The van der Waals surface area contributed by atoms with Gasteiger partial charge in [-0.05, 0) is 22.6 Å². The topological polar surface area (TPSA) is 42.1 Å². The molecule has 3 nitrogen and oxygen atoms in total. The van der Waals surface area contributed by atoms with Crippen LogP contribution in [0.5, 0.6) is 5.75 Å². The van der Waals surface area contributed by atoms with Crippen LogP contribution < -0.4 is 10.3 Å². The predicted molar refractivity (Wildman–Crippen MR) is 46.4 cm³/mol. The number of aromatic amines is 1. The Morgan fingerprint density at radius 1 is 1.43 bits per heavy atom. The van der Waals surface area contributed by atoms with E-state index in [-0.39, 0.29) is 3.70 Å². The van der Waals surface area contributed by atoms with Gasteiger partial charge in [0.2, 0.25) is 0 Å². The van der Waals surface area contributed by atoms with Crippen LogP contribution in [-0.4, -0.2) is 11.3 Å².